The second-order valence-electron chi connectivity index (χ2n) is 7.99. The number of ether oxygens (including phenoxy) is 1. The van der Waals surface area contributed by atoms with Crippen molar-refractivity contribution in [3.05, 3.63) is 28.8 Å². The Morgan fingerprint density at radius 1 is 1.20 bits per heavy atom. The number of nitrogens with two attached hydrogens (primary N) is 1. The fraction of sp³-hybridized carbons (Fsp3) is 0.650. The number of fused-ring (bicyclic) bond motifs is 3. The van der Waals surface area contributed by atoms with Gasteiger partial charge in [0.05, 0.1) is 6.04 Å². The Bertz CT molecular complexity index is 649. The van der Waals surface area contributed by atoms with Gasteiger partial charge in [0.25, 0.3) is 0 Å². The lowest BCUT2D eigenvalue weighted by atomic mass is 9.65. The quantitative estimate of drug-likeness (QED) is 0.845. The van der Waals surface area contributed by atoms with Crippen LogP contribution in [0.15, 0.2) is 12.1 Å². The Morgan fingerprint density at radius 2 is 1.88 bits per heavy atom. The van der Waals surface area contributed by atoms with Crippen LogP contribution in [0.1, 0.15) is 54.8 Å². The number of amides is 1. The second kappa shape index (κ2) is 7.16. The fourth-order valence-electron chi connectivity index (χ4n) is 4.95. The van der Waals surface area contributed by atoms with E-state index >= 15 is 0 Å². The van der Waals surface area contributed by atoms with E-state index in [1.807, 2.05) is 0 Å². The minimum atomic E-state index is -0.0118. The molecule has 3 aliphatic rings. The Labute approximate surface area is 156 Å². The molecule has 1 aromatic carbocycles. The fourth-order valence-corrected chi connectivity index (χ4v) is 4.95. The molecule has 4 rings (SSSR count). The van der Waals surface area contributed by atoms with E-state index in [1.54, 1.807) is 0 Å². The van der Waals surface area contributed by atoms with Crippen molar-refractivity contribution in [3.63, 3.8) is 0 Å². The molecule has 1 aliphatic heterocycles. The molecule has 2 fully saturated rings. The summed E-state index contributed by atoms with van der Waals surface area (Å²) < 4.78 is 5.87. The summed E-state index contributed by atoms with van der Waals surface area (Å²) in [7, 11) is 0. The first kappa shape index (κ1) is 18.5. The van der Waals surface area contributed by atoms with Gasteiger partial charge in [0.2, 0.25) is 5.91 Å². The Balaban J connectivity index is 0.00000182. The van der Waals surface area contributed by atoms with E-state index < -0.39 is 0 Å². The summed E-state index contributed by atoms with van der Waals surface area (Å²) in [5.41, 5.74) is 9.89. The third kappa shape index (κ3) is 3.26. The lowest BCUT2D eigenvalue weighted by Crippen LogP contribution is -2.49. The summed E-state index contributed by atoms with van der Waals surface area (Å²) in [6.45, 7) is 4.72. The maximum atomic E-state index is 12.8. The van der Waals surface area contributed by atoms with Gasteiger partial charge < -0.3 is 15.8 Å². The molecule has 4 nitrogen and oxygen atoms in total. The summed E-state index contributed by atoms with van der Waals surface area (Å²) in [6.07, 6.45) is 5.57. The molecular weight excluding hydrogens is 336 g/mol. The van der Waals surface area contributed by atoms with Crippen LogP contribution in [0.4, 0.5) is 0 Å². The van der Waals surface area contributed by atoms with E-state index in [0.29, 0.717) is 24.5 Å². The summed E-state index contributed by atoms with van der Waals surface area (Å²) in [5, 5.41) is 3.25. The number of carbonyl (C=O) groups is 1. The van der Waals surface area contributed by atoms with Gasteiger partial charge >= 0.3 is 0 Å². The van der Waals surface area contributed by atoms with Crippen molar-refractivity contribution in [2.45, 2.75) is 58.0 Å². The van der Waals surface area contributed by atoms with Gasteiger partial charge in [-0.1, -0.05) is 18.6 Å². The molecule has 0 spiro atoms. The van der Waals surface area contributed by atoms with Crippen LogP contribution in [0.3, 0.4) is 0 Å². The highest BCUT2D eigenvalue weighted by Crippen LogP contribution is 2.42. The highest BCUT2D eigenvalue weighted by atomic mass is 35.5. The van der Waals surface area contributed by atoms with E-state index in [9.17, 15) is 4.79 Å². The molecule has 0 saturated heterocycles. The van der Waals surface area contributed by atoms with Crippen LogP contribution in [0.2, 0.25) is 0 Å². The maximum absolute atomic E-state index is 12.8. The molecule has 1 heterocycles. The molecule has 25 heavy (non-hydrogen) atoms. The van der Waals surface area contributed by atoms with Crippen molar-refractivity contribution >= 4 is 18.3 Å². The highest BCUT2D eigenvalue weighted by Gasteiger charge is 2.41. The van der Waals surface area contributed by atoms with Gasteiger partial charge in [0.1, 0.15) is 12.4 Å². The van der Waals surface area contributed by atoms with Crippen molar-refractivity contribution in [1.82, 2.24) is 5.32 Å². The van der Waals surface area contributed by atoms with Crippen molar-refractivity contribution in [2.75, 3.05) is 6.61 Å². The van der Waals surface area contributed by atoms with Gasteiger partial charge in [0, 0.05) is 17.5 Å². The SMILES string of the molecule is Cc1ccc2c(c1C)OCC2NC(=O)C1CC2CCCC(C1)C2N.Cl. The van der Waals surface area contributed by atoms with E-state index in [2.05, 4.69) is 31.3 Å². The molecule has 3 atom stereocenters. The zero-order valence-electron chi connectivity index (χ0n) is 15.1. The molecule has 138 valence electrons. The first-order valence-electron chi connectivity index (χ1n) is 9.33. The Morgan fingerprint density at radius 3 is 2.56 bits per heavy atom. The molecule has 2 aliphatic carbocycles. The topological polar surface area (TPSA) is 64.3 Å². The molecule has 0 aromatic heterocycles. The lowest BCUT2D eigenvalue weighted by Gasteiger charge is -2.43. The van der Waals surface area contributed by atoms with E-state index in [0.717, 1.165) is 24.2 Å². The number of benzene rings is 1. The van der Waals surface area contributed by atoms with E-state index in [-0.39, 0.29) is 30.3 Å². The first-order valence-corrected chi connectivity index (χ1v) is 9.33. The Kier molecular flexibility index (Phi) is 5.31. The largest absolute Gasteiger partial charge is 0.490 e. The molecule has 3 unspecified atom stereocenters. The average Bonchev–Trinajstić information content (AvgIpc) is 2.94. The van der Waals surface area contributed by atoms with Crippen molar-refractivity contribution in [3.8, 4) is 5.75 Å². The van der Waals surface area contributed by atoms with Crippen molar-refractivity contribution in [2.24, 2.45) is 23.5 Å². The normalized spacial score (nSPS) is 33.0. The lowest BCUT2D eigenvalue weighted by molar-refractivity contribution is -0.128. The minimum Gasteiger partial charge on any atom is -0.490 e. The van der Waals surface area contributed by atoms with Gasteiger partial charge in [-0.2, -0.15) is 0 Å². The molecule has 5 heteroatoms. The van der Waals surface area contributed by atoms with Gasteiger partial charge in [-0.05, 0) is 62.5 Å². The zero-order valence-corrected chi connectivity index (χ0v) is 15.9. The van der Waals surface area contributed by atoms with Crippen LogP contribution in [-0.4, -0.2) is 18.6 Å². The van der Waals surface area contributed by atoms with Crippen LogP contribution < -0.4 is 15.8 Å². The number of halogens is 1. The predicted octanol–water partition coefficient (Wildman–Crippen LogP) is 3.43. The molecule has 0 radical (unpaired) electrons. The van der Waals surface area contributed by atoms with Gasteiger partial charge in [0.15, 0.2) is 0 Å². The second-order valence-corrected chi connectivity index (χ2v) is 7.99. The monoisotopic (exact) mass is 364 g/mol. The summed E-state index contributed by atoms with van der Waals surface area (Å²) in [5.74, 6) is 2.34. The zero-order chi connectivity index (χ0) is 16.8. The standard InChI is InChI=1S/C20H28N2O2.ClH/c1-11-6-7-16-17(10-24-19(16)12(11)2)22-20(23)15-8-13-4-3-5-14(9-15)18(13)21;/h6-7,13-15,17-18H,3-5,8-10,21H2,1-2H3,(H,22,23);1H. The molecular formula is C20H29ClN2O2. The third-order valence-corrected chi connectivity index (χ3v) is 6.58. The van der Waals surface area contributed by atoms with Gasteiger partial charge in [-0.15, -0.1) is 12.4 Å². The Hall–Kier alpha value is -1.26. The van der Waals surface area contributed by atoms with Crippen LogP contribution in [-0.2, 0) is 4.79 Å². The van der Waals surface area contributed by atoms with Crippen molar-refractivity contribution in [1.29, 1.82) is 0 Å². The molecule has 1 amide bonds. The van der Waals surface area contributed by atoms with Crippen molar-refractivity contribution < 1.29 is 9.53 Å². The molecule has 1 aromatic rings. The number of hydrogen-bond acceptors (Lipinski definition) is 3. The van der Waals surface area contributed by atoms with Gasteiger partial charge in [-0.25, -0.2) is 0 Å². The smallest absolute Gasteiger partial charge is 0.223 e. The van der Waals surface area contributed by atoms with Gasteiger partial charge in [-0.3, -0.25) is 4.79 Å². The summed E-state index contributed by atoms with van der Waals surface area (Å²) in [6, 6.07) is 4.51. The number of carbonyl (C=O) groups excluding carboxylic acids is 1. The number of aryl methyl sites for hydroxylation is 1. The van der Waals surface area contributed by atoms with E-state index in [4.69, 9.17) is 10.5 Å². The molecule has 2 saturated carbocycles. The highest BCUT2D eigenvalue weighted by molar-refractivity contribution is 5.85. The van der Waals surface area contributed by atoms with Crippen LogP contribution in [0, 0.1) is 31.6 Å². The summed E-state index contributed by atoms with van der Waals surface area (Å²) in [4.78, 5) is 12.8. The number of hydrogen-bond donors (Lipinski definition) is 2. The summed E-state index contributed by atoms with van der Waals surface area (Å²) >= 11 is 0. The van der Waals surface area contributed by atoms with E-state index in [1.165, 1.54) is 30.4 Å². The van der Waals surface area contributed by atoms with Crippen LogP contribution >= 0.6 is 12.4 Å². The number of rotatable bonds is 2. The predicted molar refractivity (Wildman–Crippen MR) is 101 cm³/mol. The third-order valence-electron chi connectivity index (χ3n) is 6.58. The molecule has 3 N–H and O–H groups in total. The average molecular weight is 365 g/mol. The minimum absolute atomic E-state index is 0. The maximum Gasteiger partial charge on any atom is 0.223 e. The molecule has 2 bridgehead atoms. The van der Waals surface area contributed by atoms with Crippen LogP contribution in [0.25, 0.3) is 0 Å². The first-order chi connectivity index (χ1) is 11.5. The van der Waals surface area contributed by atoms with Crippen LogP contribution in [0.5, 0.6) is 5.75 Å². The number of nitrogens with one attached hydrogen (secondary N) is 1.